The summed E-state index contributed by atoms with van der Waals surface area (Å²) >= 11 is 0. The first-order valence-corrected chi connectivity index (χ1v) is 10.2. The number of carbonyl (C=O) groups excluding carboxylic acids is 2. The Morgan fingerprint density at radius 2 is 1.83 bits per heavy atom. The van der Waals surface area contributed by atoms with Gasteiger partial charge in [-0.3, -0.25) is 14.5 Å². The quantitative estimate of drug-likeness (QED) is 0.738. The first-order chi connectivity index (χ1) is 14.2. The fraction of sp³-hybridized carbons (Fsp3) is 0.455. The summed E-state index contributed by atoms with van der Waals surface area (Å²) in [6.45, 7) is 3.91. The Bertz CT molecular complexity index is 809. The van der Waals surface area contributed by atoms with Gasteiger partial charge in [0, 0.05) is 31.2 Å². The molecule has 2 fully saturated rings. The van der Waals surface area contributed by atoms with Crippen LogP contribution in [0, 0.1) is 0 Å². The average molecular weight is 397 g/mol. The summed E-state index contributed by atoms with van der Waals surface area (Å²) in [6, 6.07) is 11.7. The second-order valence-electron chi connectivity index (χ2n) is 7.66. The molecule has 0 unspecified atom stereocenters. The van der Waals surface area contributed by atoms with Gasteiger partial charge in [0.05, 0.1) is 32.6 Å². The molecule has 1 saturated heterocycles. The summed E-state index contributed by atoms with van der Waals surface area (Å²) in [4.78, 5) is 28.8. The van der Waals surface area contributed by atoms with E-state index in [9.17, 15) is 9.59 Å². The van der Waals surface area contributed by atoms with E-state index in [1.807, 2.05) is 41.3 Å². The Kier molecular flexibility index (Phi) is 6.27. The molecule has 2 amide bonds. The minimum atomic E-state index is -0.0195. The summed E-state index contributed by atoms with van der Waals surface area (Å²) in [6.07, 6.45) is 3.79. The Hall–Kier alpha value is -2.64. The zero-order chi connectivity index (χ0) is 20.1. The van der Waals surface area contributed by atoms with Crippen molar-refractivity contribution in [2.24, 2.45) is 0 Å². The second-order valence-corrected chi connectivity index (χ2v) is 7.66. The predicted octanol–water partition coefficient (Wildman–Crippen LogP) is 2.03. The van der Waals surface area contributed by atoms with E-state index in [1.165, 1.54) is 0 Å². The van der Waals surface area contributed by atoms with Crippen LogP contribution in [0.4, 0.5) is 0 Å². The molecule has 0 spiro atoms. The first-order valence-electron chi connectivity index (χ1n) is 10.2. The highest BCUT2D eigenvalue weighted by Crippen LogP contribution is 2.19. The number of furan rings is 1. The molecule has 4 rings (SSSR count). The van der Waals surface area contributed by atoms with Gasteiger partial charge in [-0.05, 0) is 42.7 Å². The van der Waals surface area contributed by atoms with Crippen molar-refractivity contribution in [3.05, 3.63) is 59.5 Å². The van der Waals surface area contributed by atoms with E-state index >= 15 is 0 Å². The van der Waals surface area contributed by atoms with Crippen molar-refractivity contribution in [2.45, 2.75) is 32.0 Å². The summed E-state index contributed by atoms with van der Waals surface area (Å²) in [5.41, 5.74) is 1.72. The zero-order valence-corrected chi connectivity index (χ0v) is 16.5. The van der Waals surface area contributed by atoms with Gasteiger partial charge in [0.1, 0.15) is 5.76 Å². The van der Waals surface area contributed by atoms with Gasteiger partial charge >= 0.3 is 0 Å². The second kappa shape index (κ2) is 9.24. The zero-order valence-electron chi connectivity index (χ0n) is 16.5. The first kappa shape index (κ1) is 19.7. The molecule has 154 valence electrons. The lowest BCUT2D eigenvalue weighted by Crippen LogP contribution is -2.45. The molecule has 7 heteroatoms. The lowest BCUT2D eigenvalue weighted by Gasteiger charge is -2.29. The van der Waals surface area contributed by atoms with E-state index in [-0.39, 0.29) is 11.8 Å². The third-order valence-corrected chi connectivity index (χ3v) is 5.22. The molecule has 0 bridgehead atoms. The van der Waals surface area contributed by atoms with E-state index in [0.717, 1.165) is 24.2 Å². The molecule has 1 aromatic carbocycles. The van der Waals surface area contributed by atoms with Crippen LogP contribution in [0.3, 0.4) is 0 Å². The van der Waals surface area contributed by atoms with Crippen molar-refractivity contribution in [2.75, 3.05) is 32.8 Å². The molecule has 1 aliphatic heterocycles. The summed E-state index contributed by atoms with van der Waals surface area (Å²) in [7, 11) is 0. The van der Waals surface area contributed by atoms with Crippen molar-refractivity contribution in [1.82, 2.24) is 15.1 Å². The number of amides is 2. The standard InChI is InChI=1S/C22H27N3O4/c26-21(25-9-12-28-13-10-25)16-24(15-20-2-1-11-29-20)14-17-3-5-18(6-4-17)22(27)23-19-7-8-19/h1-6,11,19H,7-10,12-16H2,(H,23,27). The Labute approximate surface area is 170 Å². The van der Waals surface area contributed by atoms with E-state index in [0.29, 0.717) is 57.5 Å². The molecule has 1 aliphatic carbocycles. The maximum Gasteiger partial charge on any atom is 0.251 e. The minimum absolute atomic E-state index is 0.0195. The number of nitrogens with one attached hydrogen (secondary N) is 1. The highest BCUT2D eigenvalue weighted by molar-refractivity contribution is 5.94. The van der Waals surface area contributed by atoms with E-state index in [1.54, 1.807) is 6.26 Å². The van der Waals surface area contributed by atoms with Crippen LogP contribution in [0.2, 0.25) is 0 Å². The van der Waals surface area contributed by atoms with Gasteiger partial charge in [-0.1, -0.05) is 12.1 Å². The largest absolute Gasteiger partial charge is 0.468 e. The van der Waals surface area contributed by atoms with Gasteiger partial charge in [-0.25, -0.2) is 0 Å². The van der Waals surface area contributed by atoms with Crippen LogP contribution < -0.4 is 5.32 Å². The molecule has 1 saturated carbocycles. The average Bonchev–Trinajstić information content (AvgIpc) is 3.41. The van der Waals surface area contributed by atoms with Crippen LogP contribution in [0.25, 0.3) is 0 Å². The van der Waals surface area contributed by atoms with Crippen LogP contribution in [-0.4, -0.2) is 60.5 Å². The Balaban J connectivity index is 1.39. The van der Waals surface area contributed by atoms with Crippen LogP contribution in [0.1, 0.15) is 34.5 Å². The molecule has 29 heavy (non-hydrogen) atoms. The minimum Gasteiger partial charge on any atom is -0.468 e. The number of benzene rings is 1. The molecular weight excluding hydrogens is 370 g/mol. The van der Waals surface area contributed by atoms with Crippen molar-refractivity contribution >= 4 is 11.8 Å². The monoisotopic (exact) mass is 397 g/mol. The van der Waals surface area contributed by atoms with Crippen molar-refractivity contribution in [3.63, 3.8) is 0 Å². The van der Waals surface area contributed by atoms with Crippen molar-refractivity contribution in [1.29, 1.82) is 0 Å². The third kappa shape index (κ3) is 5.68. The molecule has 2 aromatic rings. The summed E-state index contributed by atoms with van der Waals surface area (Å²) < 4.78 is 10.8. The topological polar surface area (TPSA) is 75.0 Å². The fourth-order valence-electron chi connectivity index (χ4n) is 3.41. The maximum atomic E-state index is 12.7. The molecule has 2 heterocycles. The molecule has 0 atom stereocenters. The van der Waals surface area contributed by atoms with Crippen LogP contribution in [0.15, 0.2) is 47.1 Å². The number of rotatable bonds is 8. The number of morpholine rings is 1. The van der Waals surface area contributed by atoms with E-state index < -0.39 is 0 Å². The summed E-state index contributed by atoms with van der Waals surface area (Å²) in [5.74, 6) is 0.898. The van der Waals surface area contributed by atoms with Crippen LogP contribution >= 0.6 is 0 Å². The SMILES string of the molecule is O=C(NC1CC1)c1ccc(CN(CC(=O)N2CCOCC2)Cc2ccco2)cc1. The number of hydrogen-bond donors (Lipinski definition) is 1. The number of nitrogens with zero attached hydrogens (tertiary/aromatic N) is 2. The number of hydrogen-bond acceptors (Lipinski definition) is 5. The number of ether oxygens (including phenoxy) is 1. The highest BCUT2D eigenvalue weighted by Gasteiger charge is 2.24. The van der Waals surface area contributed by atoms with Crippen LogP contribution in [0.5, 0.6) is 0 Å². The van der Waals surface area contributed by atoms with Gasteiger partial charge in [0.2, 0.25) is 5.91 Å². The van der Waals surface area contributed by atoms with Crippen molar-refractivity contribution in [3.8, 4) is 0 Å². The molecule has 1 N–H and O–H groups in total. The molecular formula is C22H27N3O4. The molecule has 1 aromatic heterocycles. The van der Waals surface area contributed by atoms with Gasteiger partial charge in [-0.15, -0.1) is 0 Å². The normalized spacial score (nSPS) is 16.8. The lowest BCUT2D eigenvalue weighted by atomic mass is 10.1. The highest BCUT2D eigenvalue weighted by atomic mass is 16.5. The van der Waals surface area contributed by atoms with E-state index in [2.05, 4.69) is 10.2 Å². The smallest absolute Gasteiger partial charge is 0.251 e. The van der Waals surface area contributed by atoms with Gasteiger partial charge < -0.3 is 19.4 Å². The Morgan fingerprint density at radius 1 is 1.07 bits per heavy atom. The molecule has 0 radical (unpaired) electrons. The third-order valence-electron chi connectivity index (χ3n) is 5.22. The maximum absolute atomic E-state index is 12.7. The van der Waals surface area contributed by atoms with Gasteiger partial charge in [0.25, 0.3) is 5.91 Å². The van der Waals surface area contributed by atoms with Crippen molar-refractivity contribution < 1.29 is 18.7 Å². The number of carbonyl (C=O) groups is 2. The molecule has 7 nitrogen and oxygen atoms in total. The van der Waals surface area contributed by atoms with E-state index in [4.69, 9.17) is 9.15 Å². The summed E-state index contributed by atoms with van der Waals surface area (Å²) in [5, 5.41) is 3.00. The fourth-order valence-corrected chi connectivity index (χ4v) is 3.41. The molecule has 2 aliphatic rings. The Morgan fingerprint density at radius 3 is 2.48 bits per heavy atom. The predicted molar refractivity (Wildman–Crippen MR) is 107 cm³/mol. The van der Waals surface area contributed by atoms with Gasteiger partial charge in [0.15, 0.2) is 0 Å². The van der Waals surface area contributed by atoms with Crippen LogP contribution in [-0.2, 0) is 22.6 Å². The lowest BCUT2D eigenvalue weighted by molar-refractivity contribution is -0.136. The van der Waals surface area contributed by atoms with Gasteiger partial charge in [-0.2, -0.15) is 0 Å².